The standard InChI is InChI=1S/C13H27N3O/c1-4-16(3)13(17)10(2)15-12-8-6-5-7-11(12)9-14/h10-12,15H,4-9,14H2,1-3H3. The molecule has 100 valence electrons. The number of hydrogen-bond acceptors (Lipinski definition) is 3. The van der Waals surface area contributed by atoms with Gasteiger partial charge in [-0.2, -0.15) is 0 Å². The van der Waals surface area contributed by atoms with Crippen molar-refractivity contribution in [3.8, 4) is 0 Å². The normalized spacial score (nSPS) is 26.6. The van der Waals surface area contributed by atoms with Crippen LogP contribution >= 0.6 is 0 Å². The largest absolute Gasteiger partial charge is 0.345 e. The third-order valence-electron chi connectivity index (χ3n) is 3.90. The van der Waals surface area contributed by atoms with Gasteiger partial charge in [0.1, 0.15) is 0 Å². The highest BCUT2D eigenvalue weighted by atomic mass is 16.2. The van der Waals surface area contributed by atoms with Crippen LogP contribution in [0.5, 0.6) is 0 Å². The van der Waals surface area contributed by atoms with E-state index in [0.717, 1.165) is 19.5 Å². The van der Waals surface area contributed by atoms with E-state index < -0.39 is 0 Å². The van der Waals surface area contributed by atoms with Gasteiger partial charge in [0.15, 0.2) is 0 Å². The first-order valence-electron chi connectivity index (χ1n) is 6.81. The highest BCUT2D eigenvalue weighted by Gasteiger charge is 2.27. The summed E-state index contributed by atoms with van der Waals surface area (Å²) in [4.78, 5) is 13.7. The number of amides is 1. The second-order valence-corrected chi connectivity index (χ2v) is 5.13. The van der Waals surface area contributed by atoms with Crippen molar-refractivity contribution in [2.75, 3.05) is 20.1 Å². The van der Waals surface area contributed by atoms with Crippen molar-refractivity contribution >= 4 is 5.91 Å². The summed E-state index contributed by atoms with van der Waals surface area (Å²) < 4.78 is 0. The van der Waals surface area contributed by atoms with Crippen LogP contribution in [-0.2, 0) is 4.79 Å². The molecule has 1 aliphatic carbocycles. The molecule has 0 aromatic carbocycles. The molecule has 0 spiro atoms. The predicted octanol–water partition coefficient (Wildman–Crippen LogP) is 0.960. The van der Waals surface area contributed by atoms with Crippen LogP contribution in [0.25, 0.3) is 0 Å². The van der Waals surface area contributed by atoms with Gasteiger partial charge in [0.2, 0.25) is 5.91 Å². The first kappa shape index (κ1) is 14.5. The van der Waals surface area contributed by atoms with Crippen LogP contribution in [0, 0.1) is 5.92 Å². The number of carbonyl (C=O) groups is 1. The molecule has 1 saturated carbocycles. The second-order valence-electron chi connectivity index (χ2n) is 5.13. The molecule has 3 N–H and O–H groups in total. The Balaban J connectivity index is 2.48. The number of nitrogens with zero attached hydrogens (tertiary/aromatic N) is 1. The van der Waals surface area contributed by atoms with Crippen LogP contribution in [0.4, 0.5) is 0 Å². The van der Waals surface area contributed by atoms with E-state index in [4.69, 9.17) is 5.73 Å². The van der Waals surface area contributed by atoms with Crippen LogP contribution in [0.3, 0.4) is 0 Å². The lowest BCUT2D eigenvalue weighted by molar-refractivity contribution is -0.131. The molecule has 0 aromatic heterocycles. The molecule has 0 aliphatic heterocycles. The fraction of sp³-hybridized carbons (Fsp3) is 0.923. The molecule has 1 aliphatic rings. The summed E-state index contributed by atoms with van der Waals surface area (Å²) >= 11 is 0. The zero-order valence-electron chi connectivity index (χ0n) is 11.4. The molecular formula is C13H27N3O. The molecule has 1 amide bonds. The summed E-state index contributed by atoms with van der Waals surface area (Å²) in [6.07, 6.45) is 4.87. The fourth-order valence-corrected chi connectivity index (χ4v) is 2.59. The first-order chi connectivity index (χ1) is 8.10. The van der Waals surface area contributed by atoms with Crippen LogP contribution < -0.4 is 11.1 Å². The van der Waals surface area contributed by atoms with Crippen LogP contribution in [0.1, 0.15) is 39.5 Å². The van der Waals surface area contributed by atoms with Gasteiger partial charge in [0, 0.05) is 19.6 Å². The fourth-order valence-electron chi connectivity index (χ4n) is 2.59. The smallest absolute Gasteiger partial charge is 0.239 e. The molecule has 4 heteroatoms. The summed E-state index contributed by atoms with van der Waals surface area (Å²) in [5.74, 6) is 0.708. The van der Waals surface area contributed by atoms with Gasteiger partial charge in [0.25, 0.3) is 0 Å². The minimum Gasteiger partial charge on any atom is -0.345 e. The average molecular weight is 241 g/mol. The Morgan fingerprint density at radius 2 is 2.12 bits per heavy atom. The number of likely N-dealkylation sites (N-methyl/N-ethyl adjacent to an activating group) is 1. The third kappa shape index (κ3) is 3.96. The van der Waals surface area contributed by atoms with E-state index in [9.17, 15) is 4.79 Å². The van der Waals surface area contributed by atoms with Crippen molar-refractivity contribution in [3.63, 3.8) is 0 Å². The Hall–Kier alpha value is -0.610. The number of nitrogens with one attached hydrogen (secondary N) is 1. The Morgan fingerprint density at radius 1 is 1.47 bits per heavy atom. The minimum absolute atomic E-state index is 0.0999. The highest BCUT2D eigenvalue weighted by molar-refractivity contribution is 5.81. The molecule has 0 saturated heterocycles. The van der Waals surface area contributed by atoms with Crippen molar-refractivity contribution in [2.45, 2.75) is 51.6 Å². The molecule has 0 heterocycles. The molecule has 0 bridgehead atoms. The van der Waals surface area contributed by atoms with Gasteiger partial charge in [0.05, 0.1) is 6.04 Å². The second kappa shape index (κ2) is 6.97. The average Bonchev–Trinajstić information content (AvgIpc) is 2.37. The Kier molecular flexibility index (Phi) is 5.92. The molecule has 0 radical (unpaired) electrons. The predicted molar refractivity (Wildman–Crippen MR) is 70.7 cm³/mol. The van der Waals surface area contributed by atoms with Gasteiger partial charge in [-0.3, -0.25) is 4.79 Å². The highest BCUT2D eigenvalue weighted by Crippen LogP contribution is 2.23. The van der Waals surface area contributed by atoms with E-state index in [1.165, 1.54) is 19.3 Å². The molecule has 17 heavy (non-hydrogen) atoms. The summed E-state index contributed by atoms with van der Waals surface area (Å²) in [6, 6.07) is 0.315. The Bertz CT molecular complexity index is 245. The SMILES string of the molecule is CCN(C)C(=O)C(C)NC1CCCCC1CN. The topological polar surface area (TPSA) is 58.4 Å². The van der Waals surface area contributed by atoms with Crippen molar-refractivity contribution in [2.24, 2.45) is 11.7 Å². The Morgan fingerprint density at radius 3 is 2.71 bits per heavy atom. The lowest BCUT2D eigenvalue weighted by Gasteiger charge is -2.34. The Labute approximate surface area is 105 Å². The zero-order valence-corrected chi connectivity index (χ0v) is 11.4. The maximum absolute atomic E-state index is 12.0. The van der Waals surface area contributed by atoms with Crippen LogP contribution in [-0.4, -0.2) is 43.0 Å². The van der Waals surface area contributed by atoms with Gasteiger partial charge in [-0.25, -0.2) is 0 Å². The van der Waals surface area contributed by atoms with E-state index in [1.807, 2.05) is 20.9 Å². The van der Waals surface area contributed by atoms with Crippen molar-refractivity contribution in [1.82, 2.24) is 10.2 Å². The lowest BCUT2D eigenvalue weighted by Crippen LogP contribution is -2.51. The lowest BCUT2D eigenvalue weighted by atomic mass is 9.84. The van der Waals surface area contributed by atoms with Gasteiger partial charge in [-0.15, -0.1) is 0 Å². The third-order valence-corrected chi connectivity index (χ3v) is 3.90. The van der Waals surface area contributed by atoms with Gasteiger partial charge in [-0.05, 0) is 39.2 Å². The monoisotopic (exact) mass is 241 g/mol. The summed E-state index contributed by atoms with van der Waals surface area (Å²) in [6.45, 7) is 5.43. The number of rotatable bonds is 5. The summed E-state index contributed by atoms with van der Waals surface area (Å²) in [5.41, 5.74) is 5.80. The maximum atomic E-state index is 12.0. The van der Waals surface area contributed by atoms with Gasteiger partial charge < -0.3 is 16.0 Å². The van der Waals surface area contributed by atoms with E-state index in [1.54, 1.807) is 4.90 Å². The first-order valence-corrected chi connectivity index (χ1v) is 6.81. The summed E-state index contributed by atoms with van der Waals surface area (Å²) in [5, 5.41) is 3.46. The molecule has 0 aromatic rings. The molecule has 1 rings (SSSR count). The molecular weight excluding hydrogens is 214 g/mol. The quantitative estimate of drug-likeness (QED) is 0.754. The minimum atomic E-state index is -0.0999. The zero-order chi connectivity index (χ0) is 12.8. The molecule has 1 fully saturated rings. The maximum Gasteiger partial charge on any atom is 0.239 e. The van der Waals surface area contributed by atoms with Crippen molar-refractivity contribution in [1.29, 1.82) is 0 Å². The van der Waals surface area contributed by atoms with Crippen molar-refractivity contribution < 1.29 is 4.79 Å². The number of hydrogen-bond donors (Lipinski definition) is 2. The van der Waals surface area contributed by atoms with E-state index in [0.29, 0.717) is 12.0 Å². The summed E-state index contributed by atoms with van der Waals surface area (Å²) in [7, 11) is 1.85. The van der Waals surface area contributed by atoms with E-state index in [-0.39, 0.29) is 11.9 Å². The van der Waals surface area contributed by atoms with Crippen molar-refractivity contribution in [3.05, 3.63) is 0 Å². The van der Waals surface area contributed by atoms with Crippen LogP contribution in [0.2, 0.25) is 0 Å². The van der Waals surface area contributed by atoms with E-state index >= 15 is 0 Å². The van der Waals surface area contributed by atoms with Gasteiger partial charge in [-0.1, -0.05) is 12.8 Å². The van der Waals surface area contributed by atoms with E-state index in [2.05, 4.69) is 5.32 Å². The van der Waals surface area contributed by atoms with Gasteiger partial charge >= 0.3 is 0 Å². The number of nitrogens with two attached hydrogens (primary N) is 1. The van der Waals surface area contributed by atoms with Crippen LogP contribution in [0.15, 0.2) is 0 Å². The molecule has 3 unspecified atom stereocenters. The molecule has 4 nitrogen and oxygen atoms in total. The molecule has 3 atom stereocenters. The number of carbonyl (C=O) groups excluding carboxylic acids is 1.